The first-order chi connectivity index (χ1) is 8.27. The van der Waals surface area contributed by atoms with Crippen LogP contribution in [0, 0.1) is 5.82 Å². The molecule has 1 aliphatic heterocycles. The average Bonchev–Trinajstić information content (AvgIpc) is 2.77. The minimum atomic E-state index is -0.460. The molecular formula is C11H9FN2O3. The van der Waals surface area contributed by atoms with Gasteiger partial charge < -0.3 is 19.7 Å². The monoisotopic (exact) mass is 236 g/mol. The van der Waals surface area contributed by atoms with Crippen molar-refractivity contribution in [3.8, 4) is 22.6 Å². The van der Waals surface area contributed by atoms with Gasteiger partial charge in [-0.15, -0.1) is 0 Å². The smallest absolute Gasteiger partial charge is 0.230 e. The summed E-state index contributed by atoms with van der Waals surface area (Å²) >= 11 is 0. The number of halogens is 1. The molecule has 0 unspecified atom stereocenters. The summed E-state index contributed by atoms with van der Waals surface area (Å²) in [5.41, 5.74) is 6.80. The van der Waals surface area contributed by atoms with Crippen LogP contribution in [0.15, 0.2) is 22.9 Å². The van der Waals surface area contributed by atoms with Crippen LogP contribution >= 0.6 is 0 Å². The van der Waals surface area contributed by atoms with Crippen molar-refractivity contribution in [2.45, 2.75) is 0 Å². The summed E-state index contributed by atoms with van der Waals surface area (Å²) in [7, 11) is 0. The van der Waals surface area contributed by atoms with E-state index in [0.29, 0.717) is 30.1 Å². The number of nitrogen functional groups attached to an aromatic ring is 1. The van der Waals surface area contributed by atoms with Crippen molar-refractivity contribution in [2.24, 2.45) is 0 Å². The van der Waals surface area contributed by atoms with Crippen LogP contribution in [0.25, 0.3) is 11.1 Å². The van der Waals surface area contributed by atoms with Crippen LogP contribution < -0.4 is 15.2 Å². The lowest BCUT2D eigenvalue weighted by Gasteiger charge is -2.21. The Labute approximate surface area is 95.9 Å². The van der Waals surface area contributed by atoms with Crippen LogP contribution in [0.5, 0.6) is 11.5 Å². The van der Waals surface area contributed by atoms with Crippen LogP contribution in [0.4, 0.5) is 10.3 Å². The number of nitrogens with zero attached hydrogens (tertiary/aromatic N) is 1. The Morgan fingerprint density at radius 2 is 1.88 bits per heavy atom. The van der Waals surface area contributed by atoms with Gasteiger partial charge in [0.2, 0.25) is 5.88 Å². The molecule has 0 radical (unpaired) electrons. The summed E-state index contributed by atoms with van der Waals surface area (Å²) in [5.74, 6) is 0.145. The maximum atomic E-state index is 13.5. The molecule has 6 heteroatoms. The molecule has 1 aromatic carbocycles. The normalized spacial score (nSPS) is 13.7. The second-order valence-electron chi connectivity index (χ2n) is 3.55. The third-order valence-electron chi connectivity index (χ3n) is 2.53. The molecule has 5 nitrogen and oxygen atoms in total. The molecular weight excluding hydrogens is 227 g/mol. The standard InChI is InChI=1S/C11H9FN2O3/c12-8-2-1-6(7-5-14-17-11(7)13)9-10(8)16-4-3-15-9/h1-2,5H,3-4,13H2. The van der Waals surface area contributed by atoms with Crippen LogP contribution in [-0.2, 0) is 0 Å². The van der Waals surface area contributed by atoms with E-state index < -0.39 is 5.82 Å². The number of benzene rings is 1. The van der Waals surface area contributed by atoms with Crippen LogP contribution in [0.3, 0.4) is 0 Å². The molecule has 3 rings (SSSR count). The molecule has 0 fully saturated rings. The lowest BCUT2D eigenvalue weighted by molar-refractivity contribution is 0.165. The van der Waals surface area contributed by atoms with Crippen molar-refractivity contribution in [1.82, 2.24) is 5.16 Å². The number of nitrogens with two attached hydrogens (primary N) is 1. The van der Waals surface area contributed by atoms with E-state index in [1.54, 1.807) is 6.07 Å². The van der Waals surface area contributed by atoms with Gasteiger partial charge in [0.1, 0.15) is 13.2 Å². The predicted molar refractivity (Wildman–Crippen MR) is 57.3 cm³/mol. The fourth-order valence-corrected chi connectivity index (χ4v) is 1.77. The quantitative estimate of drug-likeness (QED) is 0.817. The molecule has 0 bridgehead atoms. The molecule has 0 spiro atoms. The van der Waals surface area contributed by atoms with Crippen molar-refractivity contribution >= 4 is 5.88 Å². The molecule has 0 amide bonds. The van der Waals surface area contributed by atoms with Gasteiger partial charge in [0.05, 0.1) is 11.8 Å². The average molecular weight is 236 g/mol. The Hall–Kier alpha value is -2.24. The third-order valence-corrected chi connectivity index (χ3v) is 2.53. The summed E-state index contributed by atoms with van der Waals surface area (Å²) in [4.78, 5) is 0. The van der Waals surface area contributed by atoms with Gasteiger partial charge in [-0.05, 0) is 12.1 Å². The Morgan fingerprint density at radius 1 is 1.12 bits per heavy atom. The van der Waals surface area contributed by atoms with E-state index in [1.807, 2.05) is 0 Å². The van der Waals surface area contributed by atoms with Gasteiger partial charge in [-0.2, -0.15) is 0 Å². The molecule has 88 valence electrons. The molecule has 2 N–H and O–H groups in total. The second kappa shape index (κ2) is 3.65. The highest BCUT2D eigenvalue weighted by Crippen LogP contribution is 2.43. The molecule has 2 heterocycles. The Balaban J connectivity index is 2.21. The van der Waals surface area contributed by atoms with Crippen molar-refractivity contribution < 1.29 is 18.4 Å². The minimum absolute atomic E-state index is 0.106. The highest BCUT2D eigenvalue weighted by atomic mass is 19.1. The van der Waals surface area contributed by atoms with Gasteiger partial charge >= 0.3 is 0 Å². The first-order valence-corrected chi connectivity index (χ1v) is 5.06. The zero-order chi connectivity index (χ0) is 11.8. The van der Waals surface area contributed by atoms with E-state index >= 15 is 0 Å². The summed E-state index contributed by atoms with van der Waals surface area (Å²) < 4.78 is 29.0. The number of aromatic nitrogens is 1. The van der Waals surface area contributed by atoms with Crippen LogP contribution in [0.2, 0.25) is 0 Å². The Morgan fingerprint density at radius 3 is 2.59 bits per heavy atom. The second-order valence-corrected chi connectivity index (χ2v) is 3.55. The molecule has 1 aliphatic rings. The zero-order valence-corrected chi connectivity index (χ0v) is 8.77. The first kappa shape index (κ1) is 9.95. The van der Waals surface area contributed by atoms with Gasteiger partial charge in [0, 0.05) is 5.56 Å². The van der Waals surface area contributed by atoms with E-state index in [0.717, 1.165) is 0 Å². The minimum Gasteiger partial charge on any atom is -0.485 e. The largest absolute Gasteiger partial charge is 0.485 e. The van der Waals surface area contributed by atoms with Gasteiger partial charge in [-0.25, -0.2) is 4.39 Å². The van der Waals surface area contributed by atoms with E-state index in [1.165, 1.54) is 12.3 Å². The van der Waals surface area contributed by atoms with E-state index in [-0.39, 0.29) is 11.6 Å². The summed E-state index contributed by atoms with van der Waals surface area (Å²) in [6, 6.07) is 2.86. The van der Waals surface area contributed by atoms with Gasteiger partial charge in [-0.1, -0.05) is 5.16 Å². The van der Waals surface area contributed by atoms with Gasteiger partial charge in [-0.3, -0.25) is 0 Å². The topological polar surface area (TPSA) is 70.5 Å². The van der Waals surface area contributed by atoms with Gasteiger partial charge in [0.25, 0.3) is 0 Å². The number of ether oxygens (including phenoxy) is 2. The predicted octanol–water partition coefficient (Wildman–Crippen LogP) is 1.83. The fraction of sp³-hybridized carbons (Fsp3) is 0.182. The fourth-order valence-electron chi connectivity index (χ4n) is 1.77. The summed E-state index contributed by atoms with van der Waals surface area (Å²) in [6.07, 6.45) is 1.46. The number of anilines is 1. The summed E-state index contributed by atoms with van der Waals surface area (Å²) in [6.45, 7) is 0.696. The molecule has 2 aromatic rings. The molecule has 0 saturated heterocycles. The molecule has 0 saturated carbocycles. The third kappa shape index (κ3) is 1.49. The molecule has 0 aliphatic carbocycles. The van der Waals surface area contributed by atoms with Crippen molar-refractivity contribution in [3.63, 3.8) is 0 Å². The van der Waals surface area contributed by atoms with Crippen LogP contribution in [-0.4, -0.2) is 18.4 Å². The molecule has 17 heavy (non-hydrogen) atoms. The SMILES string of the molecule is Nc1oncc1-c1ccc(F)c2c1OCCO2. The number of hydrogen-bond donors (Lipinski definition) is 1. The highest BCUT2D eigenvalue weighted by molar-refractivity contribution is 5.79. The van der Waals surface area contributed by atoms with E-state index in [2.05, 4.69) is 5.16 Å². The lowest BCUT2D eigenvalue weighted by Crippen LogP contribution is -2.17. The van der Waals surface area contributed by atoms with Gasteiger partial charge in [0.15, 0.2) is 17.3 Å². The lowest BCUT2D eigenvalue weighted by atomic mass is 10.1. The van der Waals surface area contributed by atoms with E-state index in [4.69, 9.17) is 19.7 Å². The molecule has 1 aromatic heterocycles. The highest BCUT2D eigenvalue weighted by Gasteiger charge is 2.23. The number of fused-ring (bicyclic) bond motifs is 1. The number of hydrogen-bond acceptors (Lipinski definition) is 5. The maximum absolute atomic E-state index is 13.5. The van der Waals surface area contributed by atoms with E-state index in [9.17, 15) is 4.39 Å². The number of rotatable bonds is 1. The van der Waals surface area contributed by atoms with Crippen LogP contribution in [0.1, 0.15) is 0 Å². The zero-order valence-electron chi connectivity index (χ0n) is 8.77. The first-order valence-electron chi connectivity index (χ1n) is 5.06. The van der Waals surface area contributed by atoms with Crippen molar-refractivity contribution in [2.75, 3.05) is 18.9 Å². The molecule has 0 atom stereocenters. The maximum Gasteiger partial charge on any atom is 0.230 e. The Kier molecular flexibility index (Phi) is 2.14. The Bertz CT molecular complexity index is 568. The van der Waals surface area contributed by atoms with Crippen molar-refractivity contribution in [3.05, 3.63) is 24.1 Å². The van der Waals surface area contributed by atoms with Crippen molar-refractivity contribution in [1.29, 1.82) is 0 Å². The summed E-state index contributed by atoms with van der Waals surface area (Å²) in [5, 5.41) is 3.58.